The number of nitrogens with zero attached hydrogens (tertiary/aromatic N) is 5. The van der Waals surface area contributed by atoms with Crippen molar-refractivity contribution in [3.63, 3.8) is 0 Å². The molecule has 5 heterocycles. The summed E-state index contributed by atoms with van der Waals surface area (Å²) in [7, 11) is -6.20. The maximum Gasteiger partial charge on any atom is 1.00 e. The van der Waals surface area contributed by atoms with Crippen molar-refractivity contribution in [1.29, 1.82) is 0 Å². The van der Waals surface area contributed by atoms with Gasteiger partial charge in [-0.05, 0) is 250 Å². The van der Waals surface area contributed by atoms with E-state index in [0.29, 0.717) is 24.3 Å². The van der Waals surface area contributed by atoms with Gasteiger partial charge in [0.2, 0.25) is 0 Å². The number of allylic oxidation sites excluding steroid dienone is 5. The molecule has 16 aromatic carbocycles. The molecule has 0 unspecified atom stereocenters. The van der Waals surface area contributed by atoms with Gasteiger partial charge in [-0.1, -0.05) is 301 Å². The first kappa shape index (κ1) is 99.7. The van der Waals surface area contributed by atoms with Gasteiger partial charge in [0.25, 0.3) is 0 Å². The number of fused-ring (bicyclic) bond motifs is 12. The standard InChI is InChI=1S/C28H25NO3S2.C26H21N.C25H25NO3S2.C23H21N.C18H19N.2Na/c1-20(33-17-8-18-34(30,31)32)28-24-11-4-6-13-26(24)29(27-14-7-5-12-25(27)28)23-16-15-21-9-2-3-10-22(21)19-23;1-18(2)26-22-11-5-7-13-24(22)27(25-14-8-6-12-23(25)26)21-16-15-19-9-3-4-10-20(19)17-21;1-18-12-14-20(15-13-18)26-23-10-5-3-8-21(23)25(22-9-4-6-11-24(22)26)19(2)30-16-7-17-31(27,28)29;1-17(2)23-19-12-6-8-14-21(19)24(16-18-10-4-3-5-11-18)22-15-9-7-13-20(22)23;1-12(2)18-14-7-5-6-8-16(14)19(4)17-11-13(3)9-10-15(17)18;;/h2-7,9-16,19H,8,17-18H2,1H3,(H,30,31,32);3-17H,1-2H3;3-6,8-15H,7,16-17H2,1-2H3,(H,27,28,29);3-15H,16H2,1-2H3;5-11H,1-4H3;;/q;;;;;2*+1/p-2. The van der Waals surface area contributed by atoms with Gasteiger partial charge in [-0.15, -0.1) is 23.5 Å². The summed E-state index contributed by atoms with van der Waals surface area (Å²) >= 11 is 3.22. The summed E-state index contributed by atoms with van der Waals surface area (Å²) in [6, 6.07) is 133. The van der Waals surface area contributed by atoms with Crippen LogP contribution in [0.15, 0.2) is 403 Å². The molecule has 0 aromatic heterocycles. The predicted octanol–water partition coefficient (Wildman–Crippen LogP) is 25.9. The van der Waals surface area contributed by atoms with E-state index in [1.807, 2.05) is 36.4 Å². The molecule has 0 radical (unpaired) electrons. The van der Waals surface area contributed by atoms with E-state index in [0.717, 1.165) is 83.9 Å². The fourth-order valence-electron chi connectivity index (χ4n) is 19.1. The van der Waals surface area contributed by atoms with E-state index in [4.69, 9.17) is 0 Å². The van der Waals surface area contributed by atoms with Crippen molar-refractivity contribution < 1.29 is 85.1 Å². The molecule has 16 aromatic rings. The van der Waals surface area contributed by atoms with Crippen molar-refractivity contribution in [2.75, 3.05) is 54.6 Å². The Balaban J connectivity index is 0.000000131. The maximum absolute atomic E-state index is 11.0. The molecule has 21 rings (SSSR count). The Morgan fingerprint density at radius 3 is 0.891 bits per heavy atom. The Kier molecular flexibility index (Phi) is 32.3. The molecule has 0 amide bonds. The normalized spacial score (nSPS) is 12.7. The van der Waals surface area contributed by atoms with Crippen molar-refractivity contribution in [3.05, 3.63) is 475 Å². The van der Waals surface area contributed by atoms with Crippen LogP contribution in [0.1, 0.15) is 141 Å². The number of benzene rings is 16. The number of hydrogen-bond acceptors (Lipinski definition) is 13. The molecular weight excluding hydrogens is 1780 g/mol. The molecule has 17 heteroatoms. The fraction of sp³-hybridized carbons (Fsp3) is 0.150. The van der Waals surface area contributed by atoms with Gasteiger partial charge in [-0.25, -0.2) is 16.8 Å². The number of rotatable bonds is 15. The van der Waals surface area contributed by atoms with E-state index in [1.54, 1.807) is 23.5 Å². The van der Waals surface area contributed by atoms with Crippen molar-refractivity contribution in [2.24, 2.45) is 0 Å². The molecule has 0 fully saturated rings. The van der Waals surface area contributed by atoms with Gasteiger partial charge >= 0.3 is 59.1 Å². The summed E-state index contributed by atoms with van der Waals surface area (Å²) in [5.41, 5.74) is 42.3. The minimum atomic E-state index is -4.18. The molecule has 0 spiro atoms. The van der Waals surface area contributed by atoms with Crippen LogP contribution in [-0.2, 0) is 26.8 Å². The third-order valence-corrected chi connectivity index (χ3v) is 28.9. The average molecular weight is 1890 g/mol. The third kappa shape index (κ3) is 22.0. The van der Waals surface area contributed by atoms with Gasteiger partial charge in [-0.3, -0.25) is 0 Å². The quantitative estimate of drug-likeness (QED) is 0.0549. The SMILES string of the molecule is CC(C)=C1c2ccccc2N(C)c2cc(C)ccc21.CC(C)=C1c2ccccc2N(Cc2ccccc2)c2ccccc21.CC(C)=C1c2ccccc2N(c2ccc3ccccc3c2)c2ccccc21.CC(SCCCS(=O)(=O)[O-])=C1c2ccccc2N(c2ccc(C)cc2)c2ccccc21.CC(SCCCS(=O)(=O)[O-])=C1c2ccccc2N(c2ccc3ccccc3c2)c2ccccc21.[Na+].[Na+]. The van der Waals surface area contributed by atoms with Crippen LogP contribution >= 0.6 is 23.5 Å². The van der Waals surface area contributed by atoms with Crippen LogP contribution in [0.4, 0.5) is 73.9 Å². The smallest absolute Gasteiger partial charge is 0.748 e. The first-order valence-electron chi connectivity index (χ1n) is 45.9. The number of para-hydroxylation sites is 9. The van der Waals surface area contributed by atoms with Crippen LogP contribution in [0.5, 0.6) is 0 Å². The third-order valence-electron chi connectivity index (χ3n) is 25.1. The summed E-state index contributed by atoms with van der Waals surface area (Å²) in [6.45, 7) is 22.5. The minimum absolute atomic E-state index is 0. The molecule has 0 bridgehead atoms. The summed E-state index contributed by atoms with van der Waals surface area (Å²) in [5, 5.41) is 4.93. The second-order valence-electron chi connectivity index (χ2n) is 35.1. The number of anilines is 13. The van der Waals surface area contributed by atoms with Crippen molar-refractivity contribution >= 4 is 167 Å². The second kappa shape index (κ2) is 44.4. The molecule has 0 saturated carbocycles. The summed E-state index contributed by atoms with van der Waals surface area (Å²) in [6.07, 6.45) is 0.688. The van der Waals surface area contributed by atoms with E-state index in [-0.39, 0.29) is 70.6 Å². The van der Waals surface area contributed by atoms with E-state index in [9.17, 15) is 25.9 Å². The van der Waals surface area contributed by atoms with Gasteiger partial charge in [0.05, 0.1) is 54.4 Å². The van der Waals surface area contributed by atoms with Crippen molar-refractivity contribution in [3.8, 4) is 0 Å². The Bertz CT molecular complexity index is 7390. The molecule has 5 aliphatic heterocycles. The Morgan fingerprint density at radius 1 is 0.270 bits per heavy atom. The monoisotopic (exact) mass is 1890 g/mol. The molecule has 137 heavy (non-hydrogen) atoms. The van der Waals surface area contributed by atoms with E-state index in [2.05, 4.69) is 441 Å². The van der Waals surface area contributed by atoms with Crippen molar-refractivity contribution in [2.45, 2.75) is 88.6 Å². The summed E-state index contributed by atoms with van der Waals surface area (Å²) in [5.74, 6) is 0.515. The molecule has 0 aliphatic carbocycles. The van der Waals surface area contributed by atoms with Gasteiger partial charge in [-0.2, -0.15) is 0 Å². The molecule has 676 valence electrons. The predicted molar refractivity (Wildman–Crippen MR) is 573 cm³/mol. The molecule has 5 aliphatic rings. The first-order chi connectivity index (χ1) is 65.4. The first-order valence-corrected chi connectivity index (χ1v) is 51.0. The van der Waals surface area contributed by atoms with Crippen LogP contribution in [-0.4, -0.2) is 56.0 Å². The molecule has 0 N–H and O–H groups in total. The minimum Gasteiger partial charge on any atom is -0.748 e. The molecule has 11 nitrogen and oxygen atoms in total. The molecule has 0 saturated heterocycles. The Morgan fingerprint density at radius 2 is 0.540 bits per heavy atom. The van der Waals surface area contributed by atoms with Gasteiger partial charge in [0, 0.05) is 132 Å². The van der Waals surface area contributed by atoms with Gasteiger partial charge < -0.3 is 33.6 Å². The number of hydrogen-bond donors (Lipinski definition) is 0. The van der Waals surface area contributed by atoms with Crippen LogP contribution in [0.2, 0.25) is 0 Å². The van der Waals surface area contributed by atoms with Crippen LogP contribution in [0, 0.1) is 13.8 Å². The topological polar surface area (TPSA) is 131 Å². The zero-order chi connectivity index (χ0) is 94.2. The zero-order valence-electron chi connectivity index (χ0n) is 80.1. The molecular formula is C120H109N5Na2O6S4. The Labute approximate surface area is 861 Å². The van der Waals surface area contributed by atoms with Gasteiger partial charge in [0.1, 0.15) is 0 Å². The van der Waals surface area contributed by atoms with Crippen LogP contribution in [0.3, 0.4) is 0 Å². The van der Waals surface area contributed by atoms with E-state index < -0.39 is 20.2 Å². The second-order valence-corrected chi connectivity index (χ2v) is 40.8. The zero-order valence-corrected chi connectivity index (χ0v) is 87.3. The largest absolute Gasteiger partial charge is 1.00 e. The Hall–Kier alpha value is -11.7. The molecule has 0 atom stereocenters. The summed E-state index contributed by atoms with van der Waals surface area (Å²) in [4.78, 5) is 14.0. The van der Waals surface area contributed by atoms with Crippen LogP contribution < -0.4 is 83.6 Å². The van der Waals surface area contributed by atoms with Crippen molar-refractivity contribution in [1.82, 2.24) is 0 Å². The number of aryl methyl sites for hydroxylation is 2. The maximum atomic E-state index is 11.0. The van der Waals surface area contributed by atoms with E-state index >= 15 is 0 Å². The van der Waals surface area contributed by atoms with E-state index in [1.165, 1.54) is 145 Å². The number of thioether (sulfide) groups is 2. The van der Waals surface area contributed by atoms with Crippen LogP contribution in [0.25, 0.3) is 49.4 Å². The fourth-order valence-corrected chi connectivity index (χ4v) is 22.4. The average Bonchev–Trinajstić information content (AvgIpc) is 0.745. The van der Waals surface area contributed by atoms with Gasteiger partial charge in [0.15, 0.2) is 0 Å². The summed E-state index contributed by atoms with van der Waals surface area (Å²) < 4.78 is 65.7.